The Labute approximate surface area is 219 Å². The summed E-state index contributed by atoms with van der Waals surface area (Å²) in [7, 11) is 0. The molecule has 1 aliphatic heterocycles. The van der Waals surface area contributed by atoms with Crippen molar-refractivity contribution < 1.29 is 9.59 Å². The van der Waals surface area contributed by atoms with Crippen molar-refractivity contribution in [1.29, 1.82) is 0 Å². The summed E-state index contributed by atoms with van der Waals surface area (Å²) >= 11 is 1.62. The molecule has 0 spiro atoms. The van der Waals surface area contributed by atoms with Crippen molar-refractivity contribution in [2.24, 2.45) is 0 Å². The van der Waals surface area contributed by atoms with Gasteiger partial charge in [0.1, 0.15) is 5.69 Å². The summed E-state index contributed by atoms with van der Waals surface area (Å²) in [6.45, 7) is 3.62. The van der Waals surface area contributed by atoms with E-state index in [0.717, 1.165) is 55.6 Å². The van der Waals surface area contributed by atoms with Crippen molar-refractivity contribution in [2.75, 3.05) is 18.4 Å². The van der Waals surface area contributed by atoms with E-state index < -0.39 is 0 Å². The molecule has 3 amide bonds. The van der Waals surface area contributed by atoms with E-state index in [9.17, 15) is 9.59 Å². The van der Waals surface area contributed by atoms with Gasteiger partial charge in [0.15, 0.2) is 0 Å². The first-order valence-electron chi connectivity index (χ1n) is 14.1. The molecule has 1 N–H and O–H groups in total. The average Bonchev–Trinajstić information content (AvgIpc) is 3.62. The number of carbonyl (C=O) groups is 2. The van der Waals surface area contributed by atoms with Crippen LogP contribution in [-0.4, -0.2) is 51.9 Å². The Hall–Kier alpha value is -2.41. The fraction of sp³-hybridized carbons (Fsp3) is 0.621. The second kappa shape index (κ2) is 11.8. The lowest BCUT2D eigenvalue weighted by Gasteiger charge is -2.34. The molecule has 6 nitrogen and oxygen atoms in total. The summed E-state index contributed by atoms with van der Waals surface area (Å²) < 4.78 is 0. The molecule has 5 rings (SSSR count). The van der Waals surface area contributed by atoms with Crippen molar-refractivity contribution in [1.82, 2.24) is 14.8 Å². The van der Waals surface area contributed by atoms with Crippen molar-refractivity contribution in [3.8, 4) is 0 Å². The van der Waals surface area contributed by atoms with Gasteiger partial charge in [0, 0.05) is 42.2 Å². The van der Waals surface area contributed by atoms with Crippen LogP contribution >= 0.6 is 11.3 Å². The molecule has 3 aliphatic rings. The summed E-state index contributed by atoms with van der Waals surface area (Å²) in [5, 5.41) is 6.08. The van der Waals surface area contributed by atoms with Crippen molar-refractivity contribution in [3.05, 3.63) is 45.9 Å². The zero-order chi connectivity index (χ0) is 24.9. The maximum absolute atomic E-state index is 13.4. The Morgan fingerprint density at radius 3 is 2.36 bits per heavy atom. The van der Waals surface area contributed by atoms with E-state index in [1.807, 2.05) is 22.4 Å². The number of aryl methyl sites for hydroxylation is 1. The maximum Gasteiger partial charge on any atom is 0.321 e. The predicted octanol–water partition coefficient (Wildman–Crippen LogP) is 6.83. The van der Waals surface area contributed by atoms with Gasteiger partial charge >= 0.3 is 6.03 Å². The van der Waals surface area contributed by atoms with Crippen LogP contribution in [0.2, 0.25) is 0 Å². The number of likely N-dealkylation sites (tertiary alicyclic amines) is 1. The molecule has 2 heterocycles. The summed E-state index contributed by atoms with van der Waals surface area (Å²) in [5.74, 6) is 0.465. The average molecular weight is 509 g/mol. The third-order valence-electron chi connectivity index (χ3n) is 8.04. The van der Waals surface area contributed by atoms with Gasteiger partial charge in [0.25, 0.3) is 5.91 Å². The third kappa shape index (κ3) is 6.10. The van der Waals surface area contributed by atoms with Crippen LogP contribution in [-0.2, 0) is 6.42 Å². The number of unbranched alkanes of at least 4 members (excludes halogenated alkanes) is 1. The zero-order valence-electron chi connectivity index (χ0n) is 21.6. The molecule has 3 fully saturated rings. The van der Waals surface area contributed by atoms with E-state index in [4.69, 9.17) is 4.98 Å². The molecular formula is C29H40N4O2S. The predicted molar refractivity (Wildman–Crippen MR) is 146 cm³/mol. The lowest BCUT2D eigenvalue weighted by Crippen LogP contribution is -2.43. The molecule has 7 heteroatoms. The highest BCUT2D eigenvalue weighted by Gasteiger charge is 2.39. The minimum absolute atomic E-state index is 0.0303. The Bertz CT molecular complexity index is 1020. The van der Waals surface area contributed by atoms with Crippen LogP contribution < -0.4 is 5.32 Å². The topological polar surface area (TPSA) is 65.5 Å². The fourth-order valence-corrected chi connectivity index (χ4v) is 6.68. The van der Waals surface area contributed by atoms with Gasteiger partial charge in [-0.25, -0.2) is 9.78 Å². The third-order valence-corrected chi connectivity index (χ3v) is 9.05. The fourth-order valence-electron chi connectivity index (χ4n) is 5.72. The van der Waals surface area contributed by atoms with Gasteiger partial charge in [-0.3, -0.25) is 4.79 Å². The Kier molecular flexibility index (Phi) is 8.25. The minimum atomic E-state index is -0.0303. The largest absolute Gasteiger partial charge is 0.331 e. The van der Waals surface area contributed by atoms with Gasteiger partial charge in [0.05, 0.1) is 5.01 Å². The Morgan fingerprint density at radius 2 is 1.69 bits per heavy atom. The molecule has 1 saturated heterocycles. The van der Waals surface area contributed by atoms with Crippen LogP contribution in [0.25, 0.3) is 0 Å². The molecule has 2 aromatic rings. The molecule has 36 heavy (non-hydrogen) atoms. The molecule has 0 bridgehead atoms. The molecular weight excluding hydrogens is 468 g/mol. The summed E-state index contributed by atoms with van der Waals surface area (Å²) in [6.07, 6.45) is 13.6. The van der Waals surface area contributed by atoms with Gasteiger partial charge in [-0.2, -0.15) is 0 Å². The first kappa shape index (κ1) is 25.2. The molecule has 1 aromatic heterocycles. The number of carbonyl (C=O) groups excluding carboxylic acids is 2. The minimum Gasteiger partial charge on any atom is -0.331 e. The summed E-state index contributed by atoms with van der Waals surface area (Å²) in [6, 6.07) is 9.02. The van der Waals surface area contributed by atoms with E-state index in [-0.39, 0.29) is 11.9 Å². The molecule has 2 aliphatic carbocycles. The van der Waals surface area contributed by atoms with Crippen molar-refractivity contribution >= 4 is 29.0 Å². The number of hydrogen-bond acceptors (Lipinski definition) is 4. The molecule has 0 unspecified atom stereocenters. The van der Waals surface area contributed by atoms with E-state index in [1.54, 1.807) is 11.3 Å². The van der Waals surface area contributed by atoms with E-state index in [2.05, 4.69) is 29.3 Å². The first-order valence-corrected chi connectivity index (χ1v) is 14.9. The molecule has 194 valence electrons. The van der Waals surface area contributed by atoms with Crippen LogP contribution in [0.4, 0.5) is 10.5 Å². The molecule has 1 aromatic carbocycles. The van der Waals surface area contributed by atoms with Crippen LogP contribution in [0.15, 0.2) is 29.6 Å². The van der Waals surface area contributed by atoms with Crippen LogP contribution in [0, 0.1) is 0 Å². The molecule has 0 radical (unpaired) electrons. The number of benzene rings is 1. The second-order valence-corrected chi connectivity index (χ2v) is 11.7. The SMILES string of the molecule is CCCCc1ccc(NC(=O)N2CCC(c3nc(C(=O)N(C4CCCCC4)C4CC4)cs3)CC2)cc1. The van der Waals surface area contributed by atoms with Gasteiger partial charge in [-0.1, -0.05) is 44.7 Å². The number of piperidine rings is 1. The molecule has 0 atom stereocenters. The normalized spacial score (nSPS) is 19.3. The second-order valence-electron chi connectivity index (χ2n) is 10.8. The number of thiazole rings is 1. The number of urea groups is 1. The van der Waals surface area contributed by atoms with E-state index in [1.165, 1.54) is 37.7 Å². The van der Waals surface area contributed by atoms with Crippen molar-refractivity contribution in [2.45, 2.75) is 102 Å². The number of nitrogens with one attached hydrogen (secondary N) is 1. The summed E-state index contributed by atoms with van der Waals surface area (Å²) in [4.78, 5) is 35.1. The quantitative estimate of drug-likeness (QED) is 0.425. The van der Waals surface area contributed by atoms with Gasteiger partial charge in [-0.05, 0) is 69.1 Å². The zero-order valence-corrected chi connectivity index (χ0v) is 22.4. The van der Waals surface area contributed by atoms with Gasteiger partial charge in [-0.15, -0.1) is 11.3 Å². The number of aromatic nitrogens is 1. The number of rotatable bonds is 8. The van der Waals surface area contributed by atoms with Gasteiger partial charge < -0.3 is 15.1 Å². The number of nitrogens with zero attached hydrogens (tertiary/aromatic N) is 3. The Morgan fingerprint density at radius 1 is 1.00 bits per heavy atom. The lowest BCUT2D eigenvalue weighted by molar-refractivity contribution is 0.0608. The highest BCUT2D eigenvalue weighted by Crippen LogP contribution is 2.36. The van der Waals surface area contributed by atoms with Crippen LogP contribution in [0.5, 0.6) is 0 Å². The smallest absolute Gasteiger partial charge is 0.321 e. The monoisotopic (exact) mass is 508 g/mol. The maximum atomic E-state index is 13.4. The number of amides is 3. The van der Waals surface area contributed by atoms with E-state index >= 15 is 0 Å². The number of hydrogen-bond donors (Lipinski definition) is 1. The highest BCUT2D eigenvalue weighted by atomic mass is 32.1. The van der Waals surface area contributed by atoms with E-state index in [0.29, 0.717) is 36.8 Å². The summed E-state index contributed by atoms with van der Waals surface area (Å²) in [5.41, 5.74) is 2.80. The van der Waals surface area contributed by atoms with Crippen molar-refractivity contribution in [3.63, 3.8) is 0 Å². The first-order chi connectivity index (χ1) is 17.6. The standard InChI is InChI=1S/C29H40N4O2S/c1-2-3-7-21-10-12-23(13-11-21)30-29(35)32-18-16-22(17-19-32)27-31-26(20-36-27)28(34)33(25-14-15-25)24-8-5-4-6-9-24/h10-13,20,22,24-25H,2-9,14-19H2,1H3,(H,30,35). The van der Waals surface area contributed by atoms with Crippen LogP contribution in [0.3, 0.4) is 0 Å². The lowest BCUT2D eigenvalue weighted by atomic mass is 9.94. The number of anilines is 1. The van der Waals surface area contributed by atoms with Gasteiger partial charge in [0.2, 0.25) is 0 Å². The highest BCUT2D eigenvalue weighted by molar-refractivity contribution is 7.09. The van der Waals surface area contributed by atoms with Crippen LogP contribution in [0.1, 0.15) is 105 Å². The molecule has 2 saturated carbocycles. The Balaban J connectivity index is 1.13.